The van der Waals surface area contributed by atoms with Crippen molar-refractivity contribution in [1.29, 1.82) is 0 Å². The van der Waals surface area contributed by atoms with Crippen molar-refractivity contribution in [2.24, 2.45) is 11.5 Å². The van der Waals surface area contributed by atoms with E-state index >= 15 is 0 Å². The highest BCUT2D eigenvalue weighted by Crippen LogP contribution is 2.14. The average molecular weight is 179 g/mol. The molecule has 0 aliphatic carbocycles. The third kappa shape index (κ3) is 3.05. The van der Waals surface area contributed by atoms with Crippen molar-refractivity contribution in [3.8, 4) is 0 Å². The minimum atomic E-state index is 0.650. The molecule has 3 heteroatoms. The number of hydrogen-bond acceptors (Lipinski definition) is 3. The van der Waals surface area contributed by atoms with Crippen LogP contribution in [0.25, 0.3) is 0 Å². The molecule has 0 saturated carbocycles. The summed E-state index contributed by atoms with van der Waals surface area (Å²) < 4.78 is 0. The third-order valence-electron chi connectivity index (χ3n) is 1.89. The monoisotopic (exact) mass is 179 g/mol. The highest BCUT2D eigenvalue weighted by atomic mass is 14.9. The van der Waals surface area contributed by atoms with Crippen LogP contribution in [0.4, 0.5) is 5.69 Å². The zero-order chi connectivity index (χ0) is 9.52. The molecule has 0 atom stereocenters. The fraction of sp³-hybridized carbons (Fsp3) is 0.400. The van der Waals surface area contributed by atoms with Crippen LogP contribution in [-0.2, 0) is 6.42 Å². The minimum absolute atomic E-state index is 0.650. The molecule has 5 N–H and O–H groups in total. The van der Waals surface area contributed by atoms with Gasteiger partial charge in [-0.05, 0) is 24.6 Å². The maximum absolute atomic E-state index is 5.51. The van der Waals surface area contributed by atoms with E-state index in [0.29, 0.717) is 13.1 Å². The Bertz CT molecular complexity index is 248. The third-order valence-corrected chi connectivity index (χ3v) is 1.89. The minimum Gasteiger partial charge on any atom is -0.384 e. The lowest BCUT2D eigenvalue weighted by atomic mass is 10.1. The van der Waals surface area contributed by atoms with Crippen molar-refractivity contribution >= 4 is 5.69 Å². The molecule has 0 spiro atoms. The van der Waals surface area contributed by atoms with Crippen molar-refractivity contribution < 1.29 is 0 Å². The average Bonchev–Trinajstić information content (AvgIpc) is 2.17. The zero-order valence-corrected chi connectivity index (χ0v) is 7.79. The molecule has 0 saturated heterocycles. The number of rotatable bonds is 5. The van der Waals surface area contributed by atoms with Crippen molar-refractivity contribution in [2.75, 3.05) is 25.0 Å². The van der Waals surface area contributed by atoms with Gasteiger partial charge in [-0.15, -0.1) is 0 Å². The summed E-state index contributed by atoms with van der Waals surface area (Å²) in [6.07, 6.45) is 0.910. The van der Waals surface area contributed by atoms with E-state index in [9.17, 15) is 0 Å². The molecule has 1 aromatic rings. The maximum atomic E-state index is 5.51. The molecule has 0 aromatic heterocycles. The van der Waals surface area contributed by atoms with Gasteiger partial charge in [-0.2, -0.15) is 0 Å². The second-order valence-electron chi connectivity index (χ2n) is 2.91. The summed E-state index contributed by atoms with van der Waals surface area (Å²) in [4.78, 5) is 0. The fourth-order valence-electron chi connectivity index (χ4n) is 1.27. The van der Waals surface area contributed by atoms with Crippen LogP contribution in [0, 0.1) is 0 Å². The van der Waals surface area contributed by atoms with Gasteiger partial charge in [0.2, 0.25) is 0 Å². The van der Waals surface area contributed by atoms with Crippen molar-refractivity contribution in [2.45, 2.75) is 6.42 Å². The summed E-state index contributed by atoms with van der Waals surface area (Å²) in [6, 6.07) is 8.18. The number of benzene rings is 1. The first-order chi connectivity index (χ1) is 6.38. The predicted molar refractivity (Wildman–Crippen MR) is 56.7 cm³/mol. The first-order valence-corrected chi connectivity index (χ1v) is 4.60. The van der Waals surface area contributed by atoms with Crippen molar-refractivity contribution in [1.82, 2.24) is 0 Å². The smallest absolute Gasteiger partial charge is 0.0373 e. The highest BCUT2D eigenvalue weighted by Gasteiger charge is 1.98. The van der Waals surface area contributed by atoms with Crippen molar-refractivity contribution in [3.63, 3.8) is 0 Å². The van der Waals surface area contributed by atoms with Crippen LogP contribution in [0.5, 0.6) is 0 Å². The van der Waals surface area contributed by atoms with Crippen LogP contribution in [-0.4, -0.2) is 19.6 Å². The van der Waals surface area contributed by atoms with E-state index in [0.717, 1.165) is 18.7 Å². The van der Waals surface area contributed by atoms with Crippen LogP contribution in [0.3, 0.4) is 0 Å². The molecule has 0 heterocycles. The first kappa shape index (κ1) is 10.0. The van der Waals surface area contributed by atoms with Gasteiger partial charge in [0, 0.05) is 18.8 Å². The van der Waals surface area contributed by atoms with Gasteiger partial charge in [0.25, 0.3) is 0 Å². The van der Waals surface area contributed by atoms with Gasteiger partial charge in [0.15, 0.2) is 0 Å². The molecule has 0 amide bonds. The van der Waals surface area contributed by atoms with Gasteiger partial charge in [0.1, 0.15) is 0 Å². The topological polar surface area (TPSA) is 64.1 Å². The summed E-state index contributed by atoms with van der Waals surface area (Å²) >= 11 is 0. The number of nitrogens with two attached hydrogens (primary N) is 2. The molecule has 3 nitrogen and oxygen atoms in total. The van der Waals surface area contributed by atoms with E-state index in [1.807, 2.05) is 12.1 Å². The van der Waals surface area contributed by atoms with E-state index in [-0.39, 0.29) is 0 Å². The number of para-hydroxylation sites is 1. The molecular weight excluding hydrogens is 162 g/mol. The lowest BCUT2D eigenvalue weighted by molar-refractivity contribution is 0.958. The Kier molecular flexibility index (Phi) is 4.29. The normalized spacial score (nSPS) is 10.0. The number of hydrogen-bond donors (Lipinski definition) is 3. The van der Waals surface area contributed by atoms with Gasteiger partial charge < -0.3 is 16.8 Å². The Labute approximate surface area is 79.1 Å². The molecule has 0 fully saturated rings. The summed E-state index contributed by atoms with van der Waals surface area (Å²) in [7, 11) is 0. The van der Waals surface area contributed by atoms with Crippen molar-refractivity contribution in [3.05, 3.63) is 29.8 Å². The SMILES string of the molecule is NCCNc1ccccc1CCN. The quantitative estimate of drug-likeness (QED) is 0.619. The molecule has 13 heavy (non-hydrogen) atoms. The molecule has 72 valence electrons. The second-order valence-corrected chi connectivity index (χ2v) is 2.91. The van der Waals surface area contributed by atoms with Crippen LogP contribution >= 0.6 is 0 Å². The fourth-order valence-corrected chi connectivity index (χ4v) is 1.27. The summed E-state index contributed by atoms with van der Waals surface area (Å²) in [6.45, 7) is 2.14. The van der Waals surface area contributed by atoms with Gasteiger partial charge >= 0.3 is 0 Å². The summed E-state index contributed by atoms with van der Waals surface area (Å²) in [5.41, 5.74) is 13.3. The Morgan fingerprint density at radius 1 is 1.08 bits per heavy atom. The van der Waals surface area contributed by atoms with E-state index in [4.69, 9.17) is 11.5 Å². The molecule has 1 aromatic carbocycles. The molecule has 0 aliphatic heterocycles. The second kappa shape index (κ2) is 5.56. The van der Waals surface area contributed by atoms with Gasteiger partial charge in [-0.3, -0.25) is 0 Å². The van der Waals surface area contributed by atoms with E-state index in [2.05, 4.69) is 17.4 Å². The van der Waals surface area contributed by atoms with Crippen LogP contribution in [0.15, 0.2) is 24.3 Å². The highest BCUT2D eigenvalue weighted by molar-refractivity contribution is 5.51. The van der Waals surface area contributed by atoms with Crippen LogP contribution in [0.1, 0.15) is 5.56 Å². The Morgan fingerprint density at radius 2 is 1.85 bits per heavy atom. The number of anilines is 1. The summed E-state index contributed by atoms with van der Waals surface area (Å²) in [5.74, 6) is 0. The van der Waals surface area contributed by atoms with Crippen LogP contribution < -0.4 is 16.8 Å². The first-order valence-electron chi connectivity index (χ1n) is 4.60. The Balaban J connectivity index is 2.66. The van der Waals surface area contributed by atoms with Gasteiger partial charge in [-0.1, -0.05) is 18.2 Å². The van der Waals surface area contributed by atoms with Gasteiger partial charge in [-0.25, -0.2) is 0 Å². The molecule has 1 rings (SSSR count). The van der Waals surface area contributed by atoms with E-state index < -0.39 is 0 Å². The molecule has 0 bridgehead atoms. The standard InChI is InChI=1S/C10H17N3/c11-6-5-9-3-1-2-4-10(9)13-8-7-12/h1-4,13H,5-8,11-12H2. The Hall–Kier alpha value is -1.06. The largest absolute Gasteiger partial charge is 0.384 e. The Morgan fingerprint density at radius 3 is 2.54 bits per heavy atom. The summed E-state index contributed by atoms with van der Waals surface area (Å²) in [5, 5.41) is 3.27. The molecular formula is C10H17N3. The molecule has 0 unspecified atom stereocenters. The zero-order valence-electron chi connectivity index (χ0n) is 7.79. The molecule has 0 aliphatic rings. The van der Waals surface area contributed by atoms with E-state index in [1.54, 1.807) is 0 Å². The molecule has 0 radical (unpaired) electrons. The van der Waals surface area contributed by atoms with Crippen LogP contribution in [0.2, 0.25) is 0 Å². The van der Waals surface area contributed by atoms with E-state index in [1.165, 1.54) is 5.56 Å². The maximum Gasteiger partial charge on any atom is 0.0373 e. The lowest BCUT2D eigenvalue weighted by Gasteiger charge is -2.09. The lowest BCUT2D eigenvalue weighted by Crippen LogP contribution is -2.14. The number of nitrogens with one attached hydrogen (secondary N) is 1. The predicted octanol–water partition coefficient (Wildman–Crippen LogP) is 0.558. The van der Waals surface area contributed by atoms with Gasteiger partial charge in [0.05, 0.1) is 0 Å².